The number of anilines is 1. The number of amides is 1. The van der Waals surface area contributed by atoms with E-state index in [1.165, 1.54) is 6.07 Å². The van der Waals surface area contributed by atoms with Gasteiger partial charge in [0.25, 0.3) is 0 Å². The van der Waals surface area contributed by atoms with E-state index in [-0.39, 0.29) is 41.5 Å². The third kappa shape index (κ3) is 9.53. The van der Waals surface area contributed by atoms with Crippen LogP contribution in [0.3, 0.4) is 0 Å². The molecule has 1 aliphatic carbocycles. The van der Waals surface area contributed by atoms with E-state index in [4.69, 9.17) is 26.6 Å². The third-order valence-corrected chi connectivity index (χ3v) is 10.1. The molecule has 0 spiro atoms. The van der Waals surface area contributed by atoms with E-state index < -0.39 is 17.1 Å². The molecule has 11 heteroatoms. The summed E-state index contributed by atoms with van der Waals surface area (Å²) in [5, 5.41) is 7.16. The molecule has 0 aromatic heterocycles. The average molecular weight is 637 g/mol. The lowest BCUT2D eigenvalue weighted by molar-refractivity contribution is -0.118. The number of halogens is 2. The van der Waals surface area contributed by atoms with Gasteiger partial charge in [-0.05, 0) is 87.7 Å². The second-order valence-electron chi connectivity index (χ2n) is 12.0. The summed E-state index contributed by atoms with van der Waals surface area (Å²) in [5.41, 5.74) is 8.62. The van der Waals surface area contributed by atoms with E-state index in [0.717, 1.165) is 50.8 Å². The van der Waals surface area contributed by atoms with E-state index >= 15 is 4.39 Å². The number of piperazine rings is 1. The number of carbonyl (C=O) groups excluding carboxylic acids is 1. The van der Waals surface area contributed by atoms with Crippen LogP contribution in [0.25, 0.3) is 0 Å². The number of benzene rings is 2. The maximum absolute atomic E-state index is 15.1. The summed E-state index contributed by atoms with van der Waals surface area (Å²) < 4.78 is 40.8. The molecule has 1 saturated carbocycles. The highest BCUT2D eigenvalue weighted by atomic mass is 35.5. The Morgan fingerprint density at radius 1 is 1.26 bits per heavy atom. The molecular formula is C32H46ClFN4O4S. The smallest absolute Gasteiger partial charge is 0.241 e. The standard InChI is InChI=1S/C32H46ClFN4O4S/c1-38-20-24(36-19-25(38)7-5-17-43(40)41)15-16-27-28(34)9-4-10-29(27)37-32(39)31(35)30(21-11-13-23(33)14-12-21)22-6-3-8-26(18-22)42-2/h4,9-14,22,24-26,30-31,36H,3,5-8,15-20,35H2,1-2H3,(H,37,39)(H,40,41)/t22?,24-,25?,26?,30-,31-/m0/s1. The molecule has 5 N–H and O–H groups in total. The minimum Gasteiger partial charge on any atom is -0.381 e. The Balaban J connectivity index is 1.42. The molecule has 2 fully saturated rings. The first-order valence-corrected chi connectivity index (χ1v) is 16.9. The van der Waals surface area contributed by atoms with Gasteiger partial charge in [-0.2, -0.15) is 0 Å². The molecule has 4 unspecified atom stereocenters. The molecule has 1 aliphatic heterocycles. The molecule has 8 nitrogen and oxygen atoms in total. The Morgan fingerprint density at radius 2 is 2.02 bits per heavy atom. The van der Waals surface area contributed by atoms with E-state index in [9.17, 15) is 9.00 Å². The lowest BCUT2D eigenvalue weighted by atomic mass is 9.72. The Bertz CT molecular complexity index is 1220. The van der Waals surface area contributed by atoms with Crippen molar-refractivity contribution >= 4 is 34.3 Å². The highest BCUT2D eigenvalue weighted by Crippen LogP contribution is 2.39. The molecule has 2 aromatic carbocycles. The molecule has 7 atom stereocenters. The monoisotopic (exact) mass is 636 g/mol. The van der Waals surface area contributed by atoms with Crippen molar-refractivity contribution in [2.45, 2.75) is 81.5 Å². The summed E-state index contributed by atoms with van der Waals surface area (Å²) in [6.07, 6.45) is 6.58. The van der Waals surface area contributed by atoms with Gasteiger partial charge >= 0.3 is 0 Å². The predicted molar refractivity (Wildman–Crippen MR) is 171 cm³/mol. The molecule has 1 heterocycles. The summed E-state index contributed by atoms with van der Waals surface area (Å²) in [6, 6.07) is 11.9. The number of rotatable bonds is 13. The van der Waals surface area contributed by atoms with Crippen LogP contribution in [-0.2, 0) is 27.0 Å². The third-order valence-electron chi connectivity index (χ3n) is 9.20. The maximum Gasteiger partial charge on any atom is 0.241 e. The molecule has 1 amide bonds. The summed E-state index contributed by atoms with van der Waals surface area (Å²) in [4.78, 5) is 16.0. The number of nitrogens with two attached hydrogens (primary N) is 1. The first-order chi connectivity index (χ1) is 20.7. The minimum atomic E-state index is -1.76. The molecule has 43 heavy (non-hydrogen) atoms. The van der Waals surface area contributed by atoms with Crippen LogP contribution in [0, 0.1) is 11.7 Å². The Morgan fingerprint density at radius 3 is 2.72 bits per heavy atom. The van der Waals surface area contributed by atoms with E-state index in [1.807, 2.05) is 24.3 Å². The van der Waals surface area contributed by atoms with Gasteiger partial charge in [-0.15, -0.1) is 0 Å². The number of nitrogens with zero attached hydrogens (tertiary/aromatic N) is 1. The Kier molecular flexibility index (Phi) is 13.0. The predicted octanol–water partition coefficient (Wildman–Crippen LogP) is 4.94. The first-order valence-electron chi connectivity index (χ1n) is 15.3. The van der Waals surface area contributed by atoms with Crippen molar-refractivity contribution in [2.75, 3.05) is 38.3 Å². The van der Waals surface area contributed by atoms with Crippen LogP contribution in [0.2, 0.25) is 5.02 Å². The second kappa shape index (κ2) is 16.4. The lowest BCUT2D eigenvalue weighted by Gasteiger charge is -2.38. The number of ether oxygens (including phenoxy) is 1. The van der Waals surface area contributed by atoms with Gasteiger partial charge in [0, 0.05) is 60.2 Å². The summed E-state index contributed by atoms with van der Waals surface area (Å²) in [6.45, 7) is 1.56. The first kappa shape index (κ1) is 34.0. The fraction of sp³-hybridized carbons (Fsp3) is 0.594. The number of nitrogens with one attached hydrogen (secondary N) is 2. The van der Waals surface area contributed by atoms with Crippen molar-refractivity contribution in [3.63, 3.8) is 0 Å². The molecule has 238 valence electrons. The quantitative estimate of drug-likeness (QED) is 0.230. The highest BCUT2D eigenvalue weighted by molar-refractivity contribution is 7.79. The van der Waals surface area contributed by atoms with Crippen molar-refractivity contribution in [2.24, 2.45) is 11.7 Å². The second-order valence-corrected chi connectivity index (χ2v) is 13.5. The fourth-order valence-electron chi connectivity index (χ4n) is 6.78. The largest absolute Gasteiger partial charge is 0.381 e. The zero-order valence-electron chi connectivity index (χ0n) is 25.1. The maximum atomic E-state index is 15.1. The topological polar surface area (TPSA) is 117 Å². The SMILES string of the molecule is COC1CCCC([C@H](c2ccc(Cl)cc2)[C@H](N)C(=O)Nc2cccc(F)c2CC[C@H]2CN(C)C(CCCS(=O)O)CN2)C1. The Hall–Kier alpha value is -1.92. The van der Waals surface area contributed by atoms with Gasteiger partial charge in [-0.3, -0.25) is 4.79 Å². The average Bonchev–Trinajstić information content (AvgIpc) is 2.99. The van der Waals surface area contributed by atoms with Crippen LogP contribution in [0.1, 0.15) is 62.0 Å². The molecule has 4 rings (SSSR count). The van der Waals surface area contributed by atoms with E-state index in [0.29, 0.717) is 41.6 Å². The molecular weight excluding hydrogens is 591 g/mol. The molecule has 0 radical (unpaired) electrons. The van der Waals surface area contributed by atoms with Crippen LogP contribution in [0.15, 0.2) is 42.5 Å². The number of hydrogen-bond donors (Lipinski definition) is 4. The van der Waals surface area contributed by atoms with Crippen molar-refractivity contribution < 1.29 is 22.7 Å². The lowest BCUT2D eigenvalue weighted by Crippen LogP contribution is -2.55. The molecule has 2 aromatic rings. The van der Waals surface area contributed by atoms with Gasteiger partial charge in [0.15, 0.2) is 11.1 Å². The zero-order chi connectivity index (χ0) is 30.9. The van der Waals surface area contributed by atoms with Crippen LogP contribution < -0.4 is 16.4 Å². The summed E-state index contributed by atoms with van der Waals surface area (Å²) in [7, 11) is 3.79. The van der Waals surface area contributed by atoms with E-state index in [1.54, 1.807) is 19.2 Å². The summed E-state index contributed by atoms with van der Waals surface area (Å²) in [5.74, 6) is -0.479. The molecule has 1 saturated heterocycles. The fourth-order valence-corrected chi connectivity index (χ4v) is 7.32. The van der Waals surface area contributed by atoms with Crippen molar-refractivity contribution in [1.82, 2.24) is 10.2 Å². The normalized spacial score (nSPS) is 25.2. The number of carbonyl (C=O) groups is 1. The van der Waals surface area contributed by atoms with Crippen LogP contribution >= 0.6 is 11.6 Å². The minimum absolute atomic E-state index is 0.132. The van der Waals surface area contributed by atoms with Crippen molar-refractivity contribution in [1.29, 1.82) is 0 Å². The molecule has 0 bridgehead atoms. The highest BCUT2D eigenvalue weighted by Gasteiger charge is 2.36. The number of likely N-dealkylation sites (N-methyl/N-ethyl adjacent to an activating group) is 1. The van der Waals surface area contributed by atoms with Crippen LogP contribution in [0.4, 0.5) is 10.1 Å². The molecule has 2 aliphatic rings. The van der Waals surface area contributed by atoms with Crippen molar-refractivity contribution in [3.05, 3.63) is 64.4 Å². The van der Waals surface area contributed by atoms with Gasteiger partial charge in [-0.1, -0.05) is 36.2 Å². The van der Waals surface area contributed by atoms with Crippen LogP contribution in [0.5, 0.6) is 0 Å². The van der Waals surface area contributed by atoms with Gasteiger partial charge in [0.1, 0.15) is 5.82 Å². The van der Waals surface area contributed by atoms with E-state index in [2.05, 4.69) is 22.6 Å². The number of hydrogen-bond acceptors (Lipinski definition) is 6. The van der Waals surface area contributed by atoms with Gasteiger partial charge in [0.05, 0.1) is 12.1 Å². The number of methoxy groups -OCH3 is 1. The van der Waals surface area contributed by atoms with Gasteiger partial charge in [-0.25, -0.2) is 8.60 Å². The zero-order valence-corrected chi connectivity index (χ0v) is 26.7. The summed E-state index contributed by atoms with van der Waals surface area (Å²) >= 11 is 4.41. The Labute approximate surface area is 262 Å². The van der Waals surface area contributed by atoms with Gasteiger partial charge in [0.2, 0.25) is 5.91 Å². The van der Waals surface area contributed by atoms with Crippen LogP contribution in [-0.4, -0.2) is 76.8 Å². The van der Waals surface area contributed by atoms with Gasteiger partial charge < -0.3 is 30.6 Å². The van der Waals surface area contributed by atoms with Crippen molar-refractivity contribution in [3.8, 4) is 0 Å².